The zero-order valence-electron chi connectivity index (χ0n) is 18.8. The molecule has 0 unspecified atom stereocenters. The first kappa shape index (κ1) is 20.7. The molecule has 4 aromatic carbocycles. The summed E-state index contributed by atoms with van der Waals surface area (Å²) in [6.45, 7) is 6.02. The number of benzene rings is 4. The number of anilines is 2. The molecule has 0 fully saturated rings. The molecular formula is C29H24N2O2. The van der Waals surface area contributed by atoms with Crippen LogP contribution in [0.25, 0.3) is 16.3 Å². The highest BCUT2D eigenvalue weighted by Gasteiger charge is 2.40. The summed E-state index contributed by atoms with van der Waals surface area (Å²) in [4.78, 5) is 28.6. The standard InChI is InChI=1S/C29H24N2O2/c1-18-11-15-23(16-12-18)31-28(32)26(22-14-13-19(2)20(3)17-22)27(29(31)33)30-25-10-6-8-21-7-4-5-9-24(21)25/h4-17,30H,1-3H3. The first-order chi connectivity index (χ1) is 15.9. The summed E-state index contributed by atoms with van der Waals surface area (Å²) < 4.78 is 0. The molecule has 0 radical (unpaired) electrons. The van der Waals surface area contributed by atoms with Crippen molar-refractivity contribution in [1.82, 2.24) is 0 Å². The molecule has 0 saturated carbocycles. The maximum Gasteiger partial charge on any atom is 0.282 e. The highest BCUT2D eigenvalue weighted by atomic mass is 16.2. The third-order valence-corrected chi connectivity index (χ3v) is 6.22. The van der Waals surface area contributed by atoms with Crippen LogP contribution in [0.2, 0.25) is 0 Å². The fourth-order valence-corrected chi connectivity index (χ4v) is 4.21. The summed E-state index contributed by atoms with van der Waals surface area (Å²) in [6, 6.07) is 27.2. The smallest absolute Gasteiger partial charge is 0.282 e. The molecule has 4 heteroatoms. The molecule has 0 aliphatic carbocycles. The number of carbonyl (C=O) groups excluding carboxylic acids is 2. The van der Waals surface area contributed by atoms with Gasteiger partial charge in [-0.15, -0.1) is 0 Å². The predicted molar refractivity (Wildman–Crippen MR) is 134 cm³/mol. The fourth-order valence-electron chi connectivity index (χ4n) is 4.21. The van der Waals surface area contributed by atoms with Crippen molar-refractivity contribution in [1.29, 1.82) is 0 Å². The number of nitrogens with zero attached hydrogens (tertiary/aromatic N) is 1. The lowest BCUT2D eigenvalue weighted by Crippen LogP contribution is -2.32. The molecule has 0 aromatic heterocycles. The van der Waals surface area contributed by atoms with E-state index < -0.39 is 0 Å². The molecule has 1 heterocycles. The average Bonchev–Trinajstić information content (AvgIpc) is 3.06. The van der Waals surface area contributed by atoms with E-state index in [4.69, 9.17) is 0 Å². The van der Waals surface area contributed by atoms with Gasteiger partial charge in [0.15, 0.2) is 0 Å². The Hall–Kier alpha value is -4.18. The van der Waals surface area contributed by atoms with E-state index in [1.807, 2.05) is 106 Å². The molecule has 1 aliphatic heterocycles. The van der Waals surface area contributed by atoms with Crippen LogP contribution in [0.1, 0.15) is 22.3 Å². The van der Waals surface area contributed by atoms with Gasteiger partial charge in [-0.05, 0) is 61.0 Å². The van der Waals surface area contributed by atoms with Crippen LogP contribution in [-0.4, -0.2) is 11.8 Å². The second-order valence-electron chi connectivity index (χ2n) is 8.48. The highest BCUT2D eigenvalue weighted by Crippen LogP contribution is 2.35. The summed E-state index contributed by atoms with van der Waals surface area (Å²) in [7, 11) is 0. The first-order valence-corrected chi connectivity index (χ1v) is 11.0. The minimum atomic E-state index is -0.356. The maximum atomic E-state index is 13.7. The Labute approximate surface area is 193 Å². The molecule has 4 aromatic rings. The van der Waals surface area contributed by atoms with Crippen molar-refractivity contribution in [3.63, 3.8) is 0 Å². The Morgan fingerprint density at radius 1 is 0.697 bits per heavy atom. The van der Waals surface area contributed by atoms with Gasteiger partial charge in [0.2, 0.25) is 0 Å². The summed E-state index contributed by atoms with van der Waals surface area (Å²) >= 11 is 0. The molecule has 162 valence electrons. The molecule has 0 atom stereocenters. The minimum Gasteiger partial charge on any atom is -0.350 e. The second-order valence-corrected chi connectivity index (χ2v) is 8.48. The number of aryl methyl sites for hydroxylation is 3. The summed E-state index contributed by atoms with van der Waals surface area (Å²) in [5.41, 5.74) is 6.02. The molecule has 5 rings (SSSR count). The van der Waals surface area contributed by atoms with E-state index in [2.05, 4.69) is 5.32 Å². The summed E-state index contributed by atoms with van der Waals surface area (Å²) in [6.07, 6.45) is 0. The van der Waals surface area contributed by atoms with Gasteiger partial charge in [-0.2, -0.15) is 0 Å². The van der Waals surface area contributed by atoms with Crippen molar-refractivity contribution < 1.29 is 9.59 Å². The van der Waals surface area contributed by atoms with Crippen LogP contribution in [0.5, 0.6) is 0 Å². The van der Waals surface area contributed by atoms with Gasteiger partial charge in [0, 0.05) is 11.1 Å². The van der Waals surface area contributed by atoms with Crippen LogP contribution >= 0.6 is 0 Å². The van der Waals surface area contributed by atoms with Gasteiger partial charge in [0.25, 0.3) is 11.8 Å². The summed E-state index contributed by atoms with van der Waals surface area (Å²) in [5, 5.41) is 5.37. The first-order valence-electron chi connectivity index (χ1n) is 11.0. The van der Waals surface area contributed by atoms with Crippen LogP contribution < -0.4 is 10.2 Å². The number of fused-ring (bicyclic) bond motifs is 1. The van der Waals surface area contributed by atoms with Crippen molar-refractivity contribution in [3.8, 4) is 0 Å². The van der Waals surface area contributed by atoms with Gasteiger partial charge >= 0.3 is 0 Å². The van der Waals surface area contributed by atoms with E-state index in [1.165, 1.54) is 4.90 Å². The lowest BCUT2D eigenvalue weighted by atomic mass is 9.99. The van der Waals surface area contributed by atoms with E-state index in [0.717, 1.165) is 38.7 Å². The minimum absolute atomic E-state index is 0.292. The Kier molecular flexibility index (Phi) is 5.06. The fraction of sp³-hybridized carbons (Fsp3) is 0.103. The van der Waals surface area contributed by atoms with Crippen LogP contribution in [0.3, 0.4) is 0 Å². The van der Waals surface area contributed by atoms with E-state index >= 15 is 0 Å². The molecule has 33 heavy (non-hydrogen) atoms. The Morgan fingerprint density at radius 2 is 1.42 bits per heavy atom. The van der Waals surface area contributed by atoms with E-state index in [1.54, 1.807) is 0 Å². The van der Waals surface area contributed by atoms with Crippen LogP contribution in [0.15, 0.2) is 90.6 Å². The number of rotatable bonds is 4. The normalized spacial score (nSPS) is 13.8. The van der Waals surface area contributed by atoms with Gasteiger partial charge in [-0.1, -0.05) is 72.3 Å². The van der Waals surface area contributed by atoms with Crippen LogP contribution in [0, 0.1) is 20.8 Å². The van der Waals surface area contributed by atoms with Gasteiger partial charge in [-0.25, -0.2) is 4.90 Å². The Morgan fingerprint density at radius 3 is 2.18 bits per heavy atom. The zero-order chi connectivity index (χ0) is 23.1. The predicted octanol–water partition coefficient (Wildman–Crippen LogP) is 6.16. The molecular weight excluding hydrogens is 408 g/mol. The lowest BCUT2D eigenvalue weighted by Gasteiger charge is -2.16. The monoisotopic (exact) mass is 432 g/mol. The summed E-state index contributed by atoms with van der Waals surface area (Å²) in [5.74, 6) is -0.681. The molecule has 2 amide bonds. The second kappa shape index (κ2) is 8.06. The van der Waals surface area contributed by atoms with E-state index in [0.29, 0.717) is 17.0 Å². The third-order valence-electron chi connectivity index (χ3n) is 6.22. The Balaban J connectivity index is 1.67. The molecule has 1 N–H and O–H groups in total. The van der Waals surface area contributed by atoms with Gasteiger partial charge in [0.05, 0.1) is 11.3 Å². The highest BCUT2D eigenvalue weighted by molar-refractivity contribution is 6.46. The van der Waals surface area contributed by atoms with Crippen LogP contribution in [-0.2, 0) is 9.59 Å². The maximum absolute atomic E-state index is 13.7. The zero-order valence-corrected chi connectivity index (χ0v) is 18.8. The lowest BCUT2D eigenvalue weighted by molar-refractivity contribution is -0.120. The van der Waals surface area contributed by atoms with Crippen molar-refractivity contribution >= 4 is 39.5 Å². The van der Waals surface area contributed by atoms with E-state index in [9.17, 15) is 9.59 Å². The number of amides is 2. The quantitative estimate of drug-likeness (QED) is 0.393. The molecule has 0 spiro atoms. The van der Waals surface area contributed by atoms with E-state index in [-0.39, 0.29) is 11.8 Å². The largest absolute Gasteiger partial charge is 0.350 e. The van der Waals surface area contributed by atoms with Crippen molar-refractivity contribution in [2.45, 2.75) is 20.8 Å². The van der Waals surface area contributed by atoms with Gasteiger partial charge in [0.1, 0.15) is 5.70 Å². The number of carbonyl (C=O) groups is 2. The number of hydrogen-bond donors (Lipinski definition) is 1. The number of imide groups is 1. The molecule has 4 nitrogen and oxygen atoms in total. The molecule has 0 saturated heterocycles. The van der Waals surface area contributed by atoms with Crippen molar-refractivity contribution in [2.75, 3.05) is 10.2 Å². The Bertz CT molecular complexity index is 1440. The average molecular weight is 433 g/mol. The molecule has 0 bridgehead atoms. The van der Waals surface area contributed by atoms with Gasteiger partial charge in [-0.3, -0.25) is 9.59 Å². The van der Waals surface area contributed by atoms with Gasteiger partial charge < -0.3 is 5.32 Å². The SMILES string of the molecule is Cc1ccc(N2C(=O)C(Nc3cccc4ccccc34)=C(c3ccc(C)c(C)c3)C2=O)cc1. The van der Waals surface area contributed by atoms with Crippen LogP contribution in [0.4, 0.5) is 11.4 Å². The molecule has 1 aliphatic rings. The van der Waals surface area contributed by atoms with Crippen molar-refractivity contribution in [2.24, 2.45) is 0 Å². The number of nitrogens with one attached hydrogen (secondary N) is 1. The topological polar surface area (TPSA) is 49.4 Å². The number of hydrogen-bond acceptors (Lipinski definition) is 3. The van der Waals surface area contributed by atoms with Crippen molar-refractivity contribution in [3.05, 3.63) is 113 Å². The third kappa shape index (κ3) is 3.60.